The molecule has 0 amide bonds. The molecule has 1 aliphatic heterocycles. The van der Waals surface area contributed by atoms with Gasteiger partial charge in [0.1, 0.15) is 5.75 Å². The number of rotatable bonds is 9. The summed E-state index contributed by atoms with van der Waals surface area (Å²) in [7, 11) is 1.81. The van der Waals surface area contributed by atoms with E-state index in [1.807, 2.05) is 48.7 Å². The normalized spacial score (nSPS) is 15.9. The Bertz CT molecular complexity index is 751. The lowest BCUT2D eigenvalue weighted by Crippen LogP contribution is -2.46. The zero-order valence-electron chi connectivity index (χ0n) is 17.8. The molecule has 8 heteroatoms. The Labute approximate surface area is 201 Å². The molecule has 0 spiro atoms. The van der Waals surface area contributed by atoms with E-state index in [2.05, 4.69) is 39.6 Å². The number of guanidine groups is 1. The molecular formula is C22H33IN4O2S. The highest BCUT2D eigenvalue weighted by atomic mass is 127. The second kappa shape index (κ2) is 13.8. The number of para-hydroxylation sites is 1. The van der Waals surface area contributed by atoms with Crippen LogP contribution in [-0.4, -0.2) is 63.9 Å². The lowest BCUT2D eigenvalue weighted by atomic mass is 10.2. The Morgan fingerprint density at radius 3 is 2.60 bits per heavy atom. The van der Waals surface area contributed by atoms with Crippen LogP contribution in [0.25, 0.3) is 0 Å². The van der Waals surface area contributed by atoms with Crippen molar-refractivity contribution in [2.75, 3.05) is 53.0 Å². The Hall–Kier alpha value is -1.36. The van der Waals surface area contributed by atoms with Gasteiger partial charge >= 0.3 is 0 Å². The summed E-state index contributed by atoms with van der Waals surface area (Å²) in [4.78, 5) is 9.62. The first-order chi connectivity index (χ1) is 14.3. The number of nitrogens with one attached hydrogen (secondary N) is 2. The van der Waals surface area contributed by atoms with Crippen molar-refractivity contribution in [2.24, 2.45) is 4.99 Å². The van der Waals surface area contributed by atoms with Crippen LogP contribution in [0.1, 0.15) is 22.2 Å². The smallest absolute Gasteiger partial charge is 0.191 e. The van der Waals surface area contributed by atoms with Crippen molar-refractivity contribution in [1.82, 2.24) is 15.5 Å². The highest BCUT2D eigenvalue weighted by Gasteiger charge is 2.24. The van der Waals surface area contributed by atoms with Crippen LogP contribution in [0.2, 0.25) is 0 Å². The average molecular weight is 545 g/mol. The summed E-state index contributed by atoms with van der Waals surface area (Å²) in [6.45, 7) is 8.00. The van der Waals surface area contributed by atoms with Gasteiger partial charge in [-0.25, -0.2) is 0 Å². The van der Waals surface area contributed by atoms with E-state index in [9.17, 15) is 0 Å². The van der Waals surface area contributed by atoms with Crippen LogP contribution >= 0.6 is 35.3 Å². The Morgan fingerprint density at radius 2 is 1.93 bits per heavy atom. The minimum atomic E-state index is 0. The number of morpholine rings is 1. The van der Waals surface area contributed by atoms with Crippen LogP contribution < -0.4 is 15.4 Å². The van der Waals surface area contributed by atoms with E-state index in [0.717, 1.165) is 57.5 Å². The quantitative estimate of drug-likeness (QED) is 0.218. The number of hydrogen-bond acceptors (Lipinski definition) is 5. The van der Waals surface area contributed by atoms with E-state index in [-0.39, 0.29) is 24.0 Å². The molecule has 30 heavy (non-hydrogen) atoms. The lowest BCUT2D eigenvalue weighted by Gasteiger charge is -2.34. The molecule has 1 aromatic carbocycles. The van der Waals surface area contributed by atoms with Gasteiger partial charge < -0.3 is 20.1 Å². The third kappa shape index (κ3) is 8.05. The number of ether oxygens (including phenoxy) is 2. The first-order valence-electron chi connectivity index (χ1n) is 10.3. The van der Waals surface area contributed by atoms with Crippen LogP contribution in [-0.2, 0) is 4.74 Å². The van der Waals surface area contributed by atoms with Crippen molar-refractivity contribution in [2.45, 2.75) is 19.4 Å². The number of aryl methyl sites for hydroxylation is 1. The summed E-state index contributed by atoms with van der Waals surface area (Å²) in [5.41, 5.74) is 0. The van der Waals surface area contributed by atoms with E-state index < -0.39 is 0 Å². The van der Waals surface area contributed by atoms with Crippen LogP contribution in [0, 0.1) is 6.92 Å². The summed E-state index contributed by atoms with van der Waals surface area (Å²) in [6, 6.07) is 14.7. The molecule has 3 rings (SSSR count). The van der Waals surface area contributed by atoms with Crippen molar-refractivity contribution in [3.05, 3.63) is 52.2 Å². The van der Waals surface area contributed by atoms with Gasteiger partial charge in [-0.15, -0.1) is 35.3 Å². The van der Waals surface area contributed by atoms with Crippen LogP contribution in [0.3, 0.4) is 0 Å². The summed E-state index contributed by atoms with van der Waals surface area (Å²) in [5.74, 6) is 1.74. The number of hydrogen-bond donors (Lipinski definition) is 2. The Balaban J connectivity index is 0.00000320. The fourth-order valence-corrected chi connectivity index (χ4v) is 4.34. The van der Waals surface area contributed by atoms with Gasteiger partial charge in [-0.3, -0.25) is 9.89 Å². The second-order valence-electron chi connectivity index (χ2n) is 7.01. The first kappa shape index (κ1) is 24.9. The highest BCUT2D eigenvalue weighted by Crippen LogP contribution is 2.27. The zero-order valence-corrected chi connectivity index (χ0v) is 20.9. The number of halogens is 1. The van der Waals surface area contributed by atoms with Crippen LogP contribution in [0.15, 0.2) is 47.5 Å². The minimum Gasteiger partial charge on any atom is -0.494 e. The summed E-state index contributed by atoms with van der Waals surface area (Å²) in [6.07, 6.45) is 0.909. The summed E-state index contributed by atoms with van der Waals surface area (Å²) < 4.78 is 11.3. The third-order valence-corrected chi connectivity index (χ3v) is 5.99. The maximum Gasteiger partial charge on any atom is 0.191 e. The van der Waals surface area contributed by atoms with E-state index in [4.69, 9.17) is 9.47 Å². The van der Waals surface area contributed by atoms with Crippen molar-refractivity contribution in [1.29, 1.82) is 0 Å². The fourth-order valence-electron chi connectivity index (χ4n) is 3.33. The van der Waals surface area contributed by atoms with Gasteiger partial charge in [-0.05, 0) is 37.6 Å². The molecule has 6 nitrogen and oxygen atoms in total. The molecule has 1 saturated heterocycles. The maximum atomic E-state index is 5.74. The molecule has 2 aromatic rings. The maximum absolute atomic E-state index is 5.74. The minimum absolute atomic E-state index is 0. The Morgan fingerprint density at radius 1 is 1.17 bits per heavy atom. The topological polar surface area (TPSA) is 58.1 Å². The molecule has 1 fully saturated rings. The molecule has 1 aromatic heterocycles. The molecule has 0 saturated carbocycles. The number of nitrogens with zero attached hydrogens (tertiary/aromatic N) is 2. The van der Waals surface area contributed by atoms with E-state index in [0.29, 0.717) is 12.6 Å². The molecule has 1 aliphatic rings. The van der Waals surface area contributed by atoms with Crippen LogP contribution in [0.5, 0.6) is 5.75 Å². The monoisotopic (exact) mass is 544 g/mol. The van der Waals surface area contributed by atoms with Crippen molar-refractivity contribution < 1.29 is 9.47 Å². The third-order valence-electron chi connectivity index (χ3n) is 4.89. The molecule has 0 aliphatic carbocycles. The van der Waals surface area contributed by atoms with Crippen molar-refractivity contribution in [3.8, 4) is 5.75 Å². The van der Waals surface area contributed by atoms with E-state index >= 15 is 0 Å². The van der Waals surface area contributed by atoms with Gasteiger partial charge in [0.25, 0.3) is 0 Å². The molecule has 1 atom stereocenters. The molecule has 0 bridgehead atoms. The first-order valence-corrected chi connectivity index (χ1v) is 11.1. The molecule has 0 radical (unpaired) electrons. The average Bonchev–Trinajstić information content (AvgIpc) is 3.19. The predicted molar refractivity (Wildman–Crippen MR) is 136 cm³/mol. The van der Waals surface area contributed by atoms with Crippen molar-refractivity contribution >= 4 is 41.3 Å². The molecular weight excluding hydrogens is 511 g/mol. The van der Waals surface area contributed by atoms with Gasteiger partial charge in [0.2, 0.25) is 0 Å². The lowest BCUT2D eigenvalue weighted by molar-refractivity contribution is 0.0177. The van der Waals surface area contributed by atoms with E-state index in [1.54, 1.807) is 0 Å². The van der Waals surface area contributed by atoms with Gasteiger partial charge in [0.05, 0.1) is 25.9 Å². The SMILES string of the molecule is CN=C(NCCCOc1ccccc1)NCC(c1ccc(C)s1)N1CCOCC1.I. The van der Waals surface area contributed by atoms with Gasteiger partial charge in [-0.2, -0.15) is 0 Å². The second-order valence-corrected chi connectivity index (χ2v) is 8.33. The summed E-state index contributed by atoms with van der Waals surface area (Å²) >= 11 is 1.87. The van der Waals surface area contributed by atoms with Crippen molar-refractivity contribution in [3.63, 3.8) is 0 Å². The summed E-state index contributed by atoms with van der Waals surface area (Å²) in [5, 5.41) is 6.90. The fraction of sp³-hybridized carbons (Fsp3) is 0.500. The number of benzene rings is 1. The van der Waals surface area contributed by atoms with Gasteiger partial charge in [0, 0.05) is 43.0 Å². The molecule has 1 unspecified atom stereocenters. The zero-order chi connectivity index (χ0) is 20.3. The predicted octanol–water partition coefficient (Wildman–Crippen LogP) is 3.68. The molecule has 2 N–H and O–H groups in total. The number of aliphatic imine (C=N–C) groups is 1. The van der Waals surface area contributed by atoms with Gasteiger partial charge in [0.15, 0.2) is 5.96 Å². The number of thiophene rings is 1. The molecule has 166 valence electrons. The molecule has 2 heterocycles. The van der Waals surface area contributed by atoms with Gasteiger partial charge in [-0.1, -0.05) is 18.2 Å². The van der Waals surface area contributed by atoms with E-state index in [1.165, 1.54) is 9.75 Å². The standard InChI is InChI=1S/C22H32N4O2S.HI/c1-18-9-10-21(29-18)20(26-12-15-27-16-13-26)17-25-22(23-2)24-11-6-14-28-19-7-4-3-5-8-19;/h3-5,7-10,20H,6,11-17H2,1-2H3,(H2,23,24,25);1H. The largest absolute Gasteiger partial charge is 0.494 e. The Kier molecular flexibility index (Phi) is 11.5. The van der Waals surface area contributed by atoms with Crippen LogP contribution in [0.4, 0.5) is 0 Å². The highest BCUT2D eigenvalue weighted by molar-refractivity contribution is 14.0.